The number of allylic oxidation sites excluding steroid dienone is 4. The number of rotatable bonds is 6. The Balaban J connectivity index is -0.000000648. The van der Waals surface area contributed by atoms with Crippen LogP contribution in [0.5, 0.6) is 0 Å². The first-order valence-electron chi connectivity index (χ1n) is 9.62. The minimum Gasteiger partial charge on any atom is -0.875 e. The van der Waals surface area contributed by atoms with E-state index in [1.165, 1.54) is 41.5 Å². The van der Waals surface area contributed by atoms with Crippen LogP contribution in [0.25, 0.3) is 0 Å². The third-order valence-corrected chi connectivity index (χ3v) is 4.12. The summed E-state index contributed by atoms with van der Waals surface area (Å²) in [6.07, 6.45) is -14.1. The average molecular weight is 630 g/mol. The molecule has 0 bridgehead atoms. The Kier molecular flexibility index (Phi) is 13.7. The molecule has 0 aliphatic rings. The molecule has 0 spiro atoms. The van der Waals surface area contributed by atoms with Gasteiger partial charge in [0.25, 0.3) is 0 Å². The van der Waals surface area contributed by atoms with Crippen molar-refractivity contribution in [3.8, 4) is 0 Å². The summed E-state index contributed by atoms with van der Waals surface area (Å²) in [4.78, 5) is 21.6. The summed E-state index contributed by atoms with van der Waals surface area (Å²) in [6.45, 7) is 7.08. The van der Waals surface area contributed by atoms with Crippen molar-refractivity contribution in [3.63, 3.8) is 0 Å². The molecule has 0 saturated carbocycles. The van der Waals surface area contributed by atoms with Crippen LogP contribution in [0.2, 0.25) is 0 Å². The fraction of sp³-hybridized carbons (Fsp3) is 0.700. The van der Waals surface area contributed by atoms with E-state index in [1.807, 2.05) is 0 Å². The molecule has 0 rings (SSSR count). The van der Waals surface area contributed by atoms with Crippen LogP contribution in [0.3, 0.4) is 0 Å². The third kappa shape index (κ3) is 9.93. The Morgan fingerprint density at radius 2 is 0.667 bits per heavy atom. The summed E-state index contributed by atoms with van der Waals surface area (Å²) in [5.74, 6) is -33.5. The zero-order chi connectivity index (χ0) is 31.7. The molecule has 0 aromatic heterocycles. The summed E-state index contributed by atoms with van der Waals surface area (Å²) in [5, 5.41) is 22.3. The zero-order valence-electron chi connectivity index (χ0n) is 20.8. The molecule has 0 fully saturated rings. The van der Waals surface area contributed by atoms with E-state index in [0.29, 0.717) is 0 Å². The van der Waals surface area contributed by atoms with Crippen LogP contribution in [0.1, 0.15) is 41.5 Å². The summed E-state index contributed by atoms with van der Waals surface area (Å²) in [5.41, 5.74) is -2.72. The second kappa shape index (κ2) is 12.7. The predicted molar refractivity (Wildman–Crippen MR) is 103 cm³/mol. The molecular formula is C20H20CaF14O4. The topological polar surface area (TPSA) is 80.3 Å². The molecule has 0 unspecified atom stereocenters. The van der Waals surface area contributed by atoms with Crippen LogP contribution in [0.15, 0.2) is 23.7 Å². The molecule has 0 radical (unpaired) electrons. The number of halogens is 14. The van der Waals surface area contributed by atoms with Gasteiger partial charge in [0.2, 0.25) is 11.6 Å². The number of hydrogen-bond acceptors (Lipinski definition) is 4. The van der Waals surface area contributed by atoms with Crippen molar-refractivity contribution in [1.29, 1.82) is 0 Å². The Morgan fingerprint density at radius 3 is 0.795 bits per heavy atom. The van der Waals surface area contributed by atoms with Crippen molar-refractivity contribution in [1.82, 2.24) is 0 Å². The van der Waals surface area contributed by atoms with Gasteiger partial charge < -0.3 is 10.2 Å². The Labute approximate surface area is 242 Å². The van der Waals surface area contributed by atoms with E-state index < -0.39 is 82.1 Å². The fourth-order valence-corrected chi connectivity index (χ4v) is 1.52. The molecule has 224 valence electrons. The first-order valence-corrected chi connectivity index (χ1v) is 9.62. The molecule has 0 amide bonds. The van der Waals surface area contributed by atoms with Gasteiger partial charge in [0.05, 0.1) is 0 Å². The Hall–Kier alpha value is -1.30. The van der Waals surface area contributed by atoms with E-state index in [2.05, 4.69) is 0 Å². The van der Waals surface area contributed by atoms with Gasteiger partial charge >= 0.3 is 73.8 Å². The van der Waals surface area contributed by atoms with Gasteiger partial charge in [0, 0.05) is 0 Å². The smallest absolute Gasteiger partial charge is 0.875 e. The average Bonchev–Trinajstić information content (AvgIpc) is 2.64. The van der Waals surface area contributed by atoms with E-state index in [0.717, 1.165) is 0 Å². The molecule has 19 heteroatoms. The van der Waals surface area contributed by atoms with E-state index in [9.17, 15) is 81.3 Å². The molecule has 0 aromatic carbocycles. The van der Waals surface area contributed by atoms with E-state index >= 15 is 0 Å². The van der Waals surface area contributed by atoms with Crippen molar-refractivity contribution < 1.29 is 81.3 Å². The van der Waals surface area contributed by atoms with Gasteiger partial charge in [-0.25, -0.2) is 0 Å². The van der Waals surface area contributed by atoms with Gasteiger partial charge in [0.1, 0.15) is 0 Å². The summed E-state index contributed by atoms with van der Waals surface area (Å²) in [6, 6.07) is 0. The standard InChI is InChI=1S/2C10H11F7O2.Ca/c2*1-7(2,3)5(18)4-6(19)8(11,12)9(13,14)10(15,16)17;/h2*4,18H,1-3H3;/q;;+2/p-2/b2*5-4+;. The number of carbonyl (C=O) groups is 2. The van der Waals surface area contributed by atoms with Crippen molar-refractivity contribution in [2.24, 2.45) is 10.8 Å². The molecule has 0 N–H and O–H groups in total. The maximum Gasteiger partial charge on any atom is 2.00 e. The van der Waals surface area contributed by atoms with Crippen LogP contribution in [0.4, 0.5) is 61.5 Å². The second-order valence-electron chi connectivity index (χ2n) is 9.54. The number of ketones is 2. The van der Waals surface area contributed by atoms with Gasteiger partial charge in [-0.05, 0) is 23.0 Å². The van der Waals surface area contributed by atoms with E-state index in [1.54, 1.807) is 0 Å². The van der Waals surface area contributed by atoms with Crippen LogP contribution in [0, 0.1) is 10.8 Å². The molecule has 0 atom stereocenters. The zero-order valence-corrected chi connectivity index (χ0v) is 23.0. The first-order chi connectivity index (χ1) is 16.1. The van der Waals surface area contributed by atoms with Gasteiger partial charge in [-0.15, -0.1) is 11.5 Å². The normalized spacial score (nSPS) is 15.2. The van der Waals surface area contributed by atoms with Gasteiger partial charge in [0.15, 0.2) is 0 Å². The molecule has 39 heavy (non-hydrogen) atoms. The molecule has 0 aliphatic carbocycles. The van der Waals surface area contributed by atoms with Crippen LogP contribution in [-0.2, 0) is 9.59 Å². The maximum absolute atomic E-state index is 12.8. The molecule has 0 aromatic rings. The second-order valence-corrected chi connectivity index (χ2v) is 9.54. The summed E-state index contributed by atoms with van der Waals surface area (Å²) >= 11 is 0. The SMILES string of the molecule is CC(C)(C)/C([O-])=C\C(=O)C(F)(F)C(F)(F)C(F)(F)F.CC(C)(C)/C([O-])=C\C(=O)C(F)(F)C(F)(F)C(F)(F)F.[Ca+2]. The molecule has 0 saturated heterocycles. The van der Waals surface area contributed by atoms with Crippen molar-refractivity contribution >= 4 is 49.3 Å². The van der Waals surface area contributed by atoms with Crippen molar-refractivity contribution in [3.05, 3.63) is 23.7 Å². The Morgan fingerprint density at radius 1 is 0.487 bits per heavy atom. The van der Waals surface area contributed by atoms with E-state index in [-0.39, 0.29) is 37.7 Å². The molecular weight excluding hydrogens is 610 g/mol. The van der Waals surface area contributed by atoms with Crippen LogP contribution < -0.4 is 10.2 Å². The van der Waals surface area contributed by atoms with E-state index in [4.69, 9.17) is 0 Å². The Bertz CT molecular complexity index is 858. The van der Waals surface area contributed by atoms with Crippen LogP contribution >= 0.6 is 0 Å². The summed E-state index contributed by atoms with van der Waals surface area (Å²) < 4.78 is 172. The van der Waals surface area contributed by atoms with Crippen LogP contribution in [-0.4, -0.2) is 85.3 Å². The van der Waals surface area contributed by atoms with Gasteiger partial charge in [-0.2, -0.15) is 61.5 Å². The molecule has 4 nitrogen and oxygen atoms in total. The van der Waals surface area contributed by atoms with Gasteiger partial charge in [-0.1, -0.05) is 41.5 Å². The summed E-state index contributed by atoms with van der Waals surface area (Å²) in [7, 11) is 0. The molecule has 0 aliphatic heterocycles. The minimum atomic E-state index is -6.61. The maximum atomic E-state index is 12.8. The predicted octanol–water partition coefficient (Wildman–Crippen LogP) is 4.98. The monoisotopic (exact) mass is 630 g/mol. The largest absolute Gasteiger partial charge is 2.00 e. The molecule has 0 heterocycles. The van der Waals surface area contributed by atoms with Gasteiger partial charge in [-0.3, -0.25) is 9.59 Å². The third-order valence-electron chi connectivity index (χ3n) is 4.12. The number of alkyl halides is 14. The number of carbonyl (C=O) groups excluding carboxylic acids is 2. The number of hydrogen-bond donors (Lipinski definition) is 0. The quantitative estimate of drug-likeness (QED) is 0.180. The minimum absolute atomic E-state index is 0. The van der Waals surface area contributed by atoms with Crippen molar-refractivity contribution in [2.45, 2.75) is 77.6 Å². The first kappa shape index (κ1) is 42.2. The van der Waals surface area contributed by atoms with Crippen molar-refractivity contribution in [2.75, 3.05) is 0 Å². The fourth-order valence-electron chi connectivity index (χ4n) is 1.52.